The van der Waals surface area contributed by atoms with Crippen molar-refractivity contribution in [3.63, 3.8) is 0 Å². The zero-order valence-electron chi connectivity index (χ0n) is 13.1. The molecule has 0 aliphatic heterocycles. The van der Waals surface area contributed by atoms with E-state index in [-0.39, 0.29) is 10.9 Å². The molecule has 0 fully saturated rings. The molecule has 0 amide bonds. The smallest absolute Gasteiger partial charge is 0.220 e. The molecule has 120 valence electrons. The number of hydrogen-bond acceptors (Lipinski definition) is 5. The molecule has 0 aliphatic carbocycles. The predicted molar refractivity (Wildman–Crippen MR) is 87.1 cm³/mol. The van der Waals surface area contributed by atoms with Gasteiger partial charge in [0.05, 0.1) is 5.75 Å². The standard InChI is InChI=1S/C16H18N4O2S/c1-12-11-13(2)20-15(17-12)18-16(19-20)23(21,22)10-6-9-14-7-4-3-5-8-14/h3-5,7-8,11H,6,9-10H2,1-2H3. The SMILES string of the molecule is Cc1cc(C)n2nc(S(=O)(=O)CCCc3ccccc3)nc2n1. The molecule has 23 heavy (non-hydrogen) atoms. The minimum absolute atomic E-state index is 0.0246. The first-order valence-electron chi connectivity index (χ1n) is 7.43. The van der Waals surface area contributed by atoms with Crippen LogP contribution in [0.1, 0.15) is 23.4 Å². The van der Waals surface area contributed by atoms with Crippen molar-refractivity contribution in [1.82, 2.24) is 19.6 Å². The molecule has 3 rings (SSSR count). The highest BCUT2D eigenvalue weighted by Crippen LogP contribution is 2.12. The molecule has 2 aromatic heterocycles. The number of benzene rings is 1. The van der Waals surface area contributed by atoms with Crippen LogP contribution in [-0.2, 0) is 16.3 Å². The summed E-state index contributed by atoms with van der Waals surface area (Å²) in [7, 11) is -3.50. The van der Waals surface area contributed by atoms with Crippen LogP contribution in [0.3, 0.4) is 0 Å². The molecule has 2 heterocycles. The molecule has 1 aromatic carbocycles. The van der Waals surface area contributed by atoms with E-state index >= 15 is 0 Å². The third kappa shape index (κ3) is 3.39. The molecule has 0 unspecified atom stereocenters. The third-order valence-corrected chi connectivity index (χ3v) is 5.15. The average Bonchev–Trinajstić information content (AvgIpc) is 2.93. The average molecular weight is 330 g/mol. The van der Waals surface area contributed by atoms with Crippen LogP contribution < -0.4 is 0 Å². The van der Waals surface area contributed by atoms with E-state index in [2.05, 4.69) is 15.1 Å². The number of sulfone groups is 1. The Labute approximate surface area is 135 Å². The number of rotatable bonds is 5. The first-order valence-corrected chi connectivity index (χ1v) is 9.09. The Morgan fingerprint density at radius 1 is 1.09 bits per heavy atom. The lowest BCUT2D eigenvalue weighted by Crippen LogP contribution is -2.10. The van der Waals surface area contributed by atoms with E-state index in [1.54, 1.807) is 0 Å². The highest BCUT2D eigenvalue weighted by atomic mass is 32.2. The first kappa shape index (κ1) is 15.6. The van der Waals surface area contributed by atoms with Gasteiger partial charge >= 0.3 is 0 Å². The molecule has 0 aliphatic rings. The number of nitrogens with zero attached hydrogens (tertiary/aromatic N) is 4. The van der Waals surface area contributed by atoms with Gasteiger partial charge in [-0.05, 0) is 38.3 Å². The van der Waals surface area contributed by atoms with Gasteiger partial charge in [-0.15, -0.1) is 5.10 Å². The summed E-state index contributed by atoms with van der Waals surface area (Å²) in [5, 5.41) is 3.96. The van der Waals surface area contributed by atoms with Gasteiger partial charge < -0.3 is 0 Å². The van der Waals surface area contributed by atoms with Gasteiger partial charge in [-0.1, -0.05) is 30.3 Å². The second-order valence-electron chi connectivity index (χ2n) is 5.55. The van der Waals surface area contributed by atoms with E-state index in [4.69, 9.17) is 0 Å². The minimum atomic E-state index is -3.50. The quantitative estimate of drug-likeness (QED) is 0.716. The van der Waals surface area contributed by atoms with Gasteiger partial charge in [0, 0.05) is 11.4 Å². The summed E-state index contributed by atoms with van der Waals surface area (Å²) in [5.74, 6) is 0.348. The van der Waals surface area contributed by atoms with Crippen LogP contribution in [0.2, 0.25) is 0 Å². The van der Waals surface area contributed by atoms with Crippen molar-refractivity contribution in [3.8, 4) is 0 Å². The molecule has 0 saturated heterocycles. The number of aryl methyl sites for hydroxylation is 3. The summed E-state index contributed by atoms with van der Waals surface area (Å²) in [5.41, 5.74) is 2.72. The molecule has 0 radical (unpaired) electrons. The lowest BCUT2D eigenvalue weighted by Gasteiger charge is -2.01. The molecular formula is C16H18N4O2S. The Bertz CT molecular complexity index is 933. The maximum absolute atomic E-state index is 12.4. The van der Waals surface area contributed by atoms with E-state index in [0.29, 0.717) is 18.6 Å². The van der Waals surface area contributed by atoms with E-state index in [1.165, 1.54) is 4.52 Å². The lowest BCUT2D eigenvalue weighted by molar-refractivity contribution is 0.584. The lowest BCUT2D eigenvalue weighted by atomic mass is 10.1. The Balaban J connectivity index is 1.78. The monoisotopic (exact) mass is 330 g/mol. The van der Waals surface area contributed by atoms with Crippen LogP contribution in [0, 0.1) is 13.8 Å². The highest BCUT2D eigenvalue weighted by molar-refractivity contribution is 7.91. The summed E-state index contributed by atoms with van der Waals surface area (Å²) in [6, 6.07) is 11.7. The van der Waals surface area contributed by atoms with Crippen LogP contribution in [0.5, 0.6) is 0 Å². The molecule has 3 aromatic rings. The van der Waals surface area contributed by atoms with Crippen LogP contribution in [-0.4, -0.2) is 33.8 Å². The largest absolute Gasteiger partial charge is 0.269 e. The molecule has 0 saturated carbocycles. The van der Waals surface area contributed by atoms with Crippen molar-refractivity contribution < 1.29 is 8.42 Å². The normalized spacial score (nSPS) is 11.9. The maximum Gasteiger partial charge on any atom is 0.269 e. The van der Waals surface area contributed by atoms with Gasteiger partial charge in [0.2, 0.25) is 9.84 Å². The van der Waals surface area contributed by atoms with Gasteiger partial charge in [-0.25, -0.2) is 17.9 Å². The van der Waals surface area contributed by atoms with Crippen molar-refractivity contribution in [2.45, 2.75) is 31.8 Å². The van der Waals surface area contributed by atoms with E-state index < -0.39 is 9.84 Å². The van der Waals surface area contributed by atoms with Gasteiger partial charge in [0.25, 0.3) is 10.9 Å². The topological polar surface area (TPSA) is 77.2 Å². The molecule has 7 heteroatoms. The van der Waals surface area contributed by atoms with E-state index in [0.717, 1.165) is 17.0 Å². The number of hydrogen-bond donors (Lipinski definition) is 0. The van der Waals surface area contributed by atoms with Gasteiger partial charge in [-0.2, -0.15) is 4.98 Å². The Hall–Kier alpha value is -2.28. The zero-order valence-corrected chi connectivity index (χ0v) is 13.9. The summed E-state index contributed by atoms with van der Waals surface area (Å²) in [6.07, 6.45) is 1.25. The number of aromatic nitrogens is 4. The predicted octanol–water partition coefficient (Wildman–Crippen LogP) is 2.15. The summed E-state index contributed by atoms with van der Waals surface area (Å²) >= 11 is 0. The molecule has 0 spiro atoms. The van der Waals surface area contributed by atoms with Crippen LogP contribution in [0.25, 0.3) is 5.78 Å². The Morgan fingerprint density at radius 2 is 1.83 bits per heavy atom. The number of fused-ring (bicyclic) bond motifs is 1. The summed E-state index contributed by atoms with van der Waals surface area (Å²) < 4.78 is 26.3. The Morgan fingerprint density at radius 3 is 2.57 bits per heavy atom. The van der Waals surface area contributed by atoms with E-state index in [9.17, 15) is 8.42 Å². The van der Waals surface area contributed by atoms with Gasteiger partial charge in [0.1, 0.15) is 0 Å². The van der Waals surface area contributed by atoms with Gasteiger partial charge in [-0.3, -0.25) is 0 Å². The van der Waals surface area contributed by atoms with Crippen LogP contribution >= 0.6 is 0 Å². The summed E-state index contributed by atoms with van der Waals surface area (Å²) in [4.78, 5) is 8.31. The van der Waals surface area contributed by atoms with Crippen LogP contribution in [0.4, 0.5) is 0 Å². The van der Waals surface area contributed by atoms with Crippen molar-refractivity contribution in [1.29, 1.82) is 0 Å². The highest BCUT2D eigenvalue weighted by Gasteiger charge is 2.21. The fourth-order valence-corrected chi connectivity index (χ4v) is 3.62. The van der Waals surface area contributed by atoms with Crippen molar-refractivity contribution in [2.24, 2.45) is 0 Å². The summed E-state index contributed by atoms with van der Waals surface area (Å²) in [6.45, 7) is 3.69. The van der Waals surface area contributed by atoms with Crippen molar-refractivity contribution >= 4 is 15.6 Å². The Kier molecular flexibility index (Phi) is 4.12. The van der Waals surface area contributed by atoms with Crippen molar-refractivity contribution in [2.75, 3.05) is 5.75 Å². The second-order valence-corrected chi connectivity index (χ2v) is 7.56. The molecule has 0 atom stereocenters. The molecule has 0 bridgehead atoms. The fourth-order valence-electron chi connectivity index (χ4n) is 2.48. The second kappa shape index (κ2) is 6.08. The van der Waals surface area contributed by atoms with Crippen molar-refractivity contribution in [3.05, 3.63) is 53.3 Å². The minimum Gasteiger partial charge on any atom is -0.220 e. The molecular weight excluding hydrogens is 312 g/mol. The van der Waals surface area contributed by atoms with Gasteiger partial charge in [0.15, 0.2) is 0 Å². The zero-order chi connectivity index (χ0) is 16.4. The fraction of sp³-hybridized carbons (Fsp3) is 0.312. The maximum atomic E-state index is 12.4. The first-order chi connectivity index (χ1) is 11.0. The van der Waals surface area contributed by atoms with Crippen LogP contribution in [0.15, 0.2) is 41.6 Å². The van der Waals surface area contributed by atoms with E-state index in [1.807, 2.05) is 50.2 Å². The molecule has 6 nitrogen and oxygen atoms in total. The third-order valence-electron chi connectivity index (χ3n) is 3.60. The molecule has 0 N–H and O–H groups in total.